The second kappa shape index (κ2) is 12.8. The van der Waals surface area contributed by atoms with Crippen molar-refractivity contribution < 1.29 is 14.4 Å². The Kier molecular flexibility index (Phi) is 9.49. The van der Waals surface area contributed by atoms with Gasteiger partial charge in [-0.25, -0.2) is 14.8 Å². The molecule has 38 heavy (non-hydrogen) atoms. The Balaban J connectivity index is 1.59. The number of hydrogen-bond donors (Lipinski definition) is 1. The van der Waals surface area contributed by atoms with E-state index in [0.717, 1.165) is 12.0 Å². The van der Waals surface area contributed by atoms with Gasteiger partial charge in [0.05, 0.1) is 13.1 Å². The molecule has 2 unspecified atom stereocenters. The summed E-state index contributed by atoms with van der Waals surface area (Å²) in [5.41, 5.74) is 0.989. The number of hydrogen-bond acceptors (Lipinski definition) is 4. The Morgan fingerprint density at radius 3 is 2.58 bits per heavy atom. The van der Waals surface area contributed by atoms with Crippen LogP contribution in [0.5, 0.6) is 0 Å². The molecule has 2 aliphatic heterocycles. The number of allylic oxidation sites excluding steroid dienone is 4. The summed E-state index contributed by atoms with van der Waals surface area (Å²) in [5, 5.41) is 6.29. The topological polar surface area (TPSA) is 76.2 Å². The van der Waals surface area contributed by atoms with E-state index in [1.807, 2.05) is 35.2 Å². The molecular formula is C29H40ClN5O3. The third kappa shape index (κ3) is 6.07. The number of carbonyl (C=O) groups excluding carboxylic acids is 3. The Morgan fingerprint density at radius 1 is 1.16 bits per heavy atom. The average molecular weight is 542 g/mol. The van der Waals surface area contributed by atoms with Gasteiger partial charge in [-0.2, -0.15) is 0 Å². The van der Waals surface area contributed by atoms with Crippen molar-refractivity contribution in [3.8, 4) is 0 Å². The van der Waals surface area contributed by atoms with Gasteiger partial charge < -0.3 is 15.1 Å². The van der Waals surface area contributed by atoms with Crippen LogP contribution in [-0.2, 0) is 16.1 Å². The summed E-state index contributed by atoms with van der Waals surface area (Å²) in [5.74, 6) is 1.21. The zero-order valence-electron chi connectivity index (χ0n) is 22.6. The fourth-order valence-corrected chi connectivity index (χ4v) is 6.15. The minimum Gasteiger partial charge on any atom is -0.337 e. The van der Waals surface area contributed by atoms with E-state index in [4.69, 9.17) is 11.6 Å². The predicted octanol–water partition coefficient (Wildman–Crippen LogP) is 3.85. The highest BCUT2D eigenvalue weighted by Crippen LogP contribution is 2.33. The van der Waals surface area contributed by atoms with Gasteiger partial charge in [0, 0.05) is 26.0 Å². The number of urea groups is 1. The number of carbonyl (C=O) groups is 3. The van der Waals surface area contributed by atoms with Gasteiger partial charge in [-0.05, 0) is 36.2 Å². The molecule has 1 N–H and O–H groups in total. The van der Waals surface area contributed by atoms with Crippen molar-refractivity contribution in [1.29, 1.82) is 0 Å². The molecule has 4 amide bonds. The quantitative estimate of drug-likeness (QED) is 0.482. The number of fused-ring (bicyclic) bond motifs is 1. The van der Waals surface area contributed by atoms with Gasteiger partial charge in [-0.1, -0.05) is 74.9 Å². The van der Waals surface area contributed by atoms with Crippen LogP contribution in [0, 0.1) is 17.8 Å². The molecule has 2 saturated heterocycles. The highest BCUT2D eigenvalue weighted by Gasteiger charge is 2.50. The van der Waals surface area contributed by atoms with Crippen LogP contribution < -0.4 is 5.32 Å². The standard InChI is InChI=1S/C29H40ClN5O3/c1-4-23(24-14-9-8-11-21(24)2)18-33-19-26-34(25(28(33)37)15-10-16-30)27(36)20-32(3)35(26)29(38)31-17-22-12-6-5-7-13-22/h5-9,11-14,21,23-26H,4,10,15-20H2,1-3H3,(H,31,38)/t21-,23?,24?,25-,26-/m0/s1. The molecule has 9 heteroatoms. The number of benzene rings is 1. The molecule has 1 aliphatic carbocycles. The van der Waals surface area contributed by atoms with Gasteiger partial charge in [0.1, 0.15) is 12.2 Å². The summed E-state index contributed by atoms with van der Waals surface area (Å²) in [6, 6.07) is 8.80. The van der Waals surface area contributed by atoms with E-state index in [0.29, 0.717) is 43.6 Å². The number of nitrogens with zero attached hydrogens (tertiary/aromatic N) is 4. The van der Waals surface area contributed by atoms with Gasteiger partial charge in [-0.15, -0.1) is 11.6 Å². The van der Waals surface area contributed by atoms with E-state index in [2.05, 4.69) is 43.5 Å². The van der Waals surface area contributed by atoms with Gasteiger partial charge in [0.25, 0.3) is 0 Å². The van der Waals surface area contributed by atoms with Crippen LogP contribution >= 0.6 is 11.6 Å². The first-order valence-electron chi connectivity index (χ1n) is 13.7. The summed E-state index contributed by atoms with van der Waals surface area (Å²) in [6.07, 6.45) is 10.1. The van der Waals surface area contributed by atoms with Crippen LogP contribution in [0.4, 0.5) is 4.79 Å². The van der Waals surface area contributed by atoms with E-state index in [1.165, 1.54) is 0 Å². The number of nitrogens with one attached hydrogen (secondary N) is 1. The zero-order chi connectivity index (χ0) is 27.2. The smallest absolute Gasteiger partial charge is 0.334 e. The molecule has 1 aromatic rings. The molecule has 0 spiro atoms. The molecule has 0 bridgehead atoms. The second-order valence-electron chi connectivity index (χ2n) is 10.6. The maximum atomic E-state index is 13.8. The van der Waals surface area contributed by atoms with E-state index >= 15 is 0 Å². The molecule has 206 valence electrons. The maximum absolute atomic E-state index is 13.8. The largest absolute Gasteiger partial charge is 0.337 e. The van der Waals surface area contributed by atoms with Crippen LogP contribution in [0.3, 0.4) is 0 Å². The minimum absolute atomic E-state index is 0.0359. The lowest BCUT2D eigenvalue weighted by Gasteiger charge is -2.55. The third-order valence-electron chi connectivity index (χ3n) is 8.04. The van der Waals surface area contributed by atoms with E-state index in [1.54, 1.807) is 22.0 Å². The van der Waals surface area contributed by atoms with Crippen molar-refractivity contribution in [3.05, 3.63) is 60.2 Å². The lowest BCUT2D eigenvalue weighted by Crippen LogP contribution is -2.76. The molecule has 1 aromatic carbocycles. The summed E-state index contributed by atoms with van der Waals surface area (Å²) in [4.78, 5) is 44.2. The first-order chi connectivity index (χ1) is 18.3. The van der Waals surface area contributed by atoms with Crippen molar-refractivity contribution in [1.82, 2.24) is 25.1 Å². The fraction of sp³-hybridized carbons (Fsp3) is 0.552. The number of likely N-dealkylation sites (N-methyl/N-ethyl adjacent to an activating group) is 1. The third-order valence-corrected chi connectivity index (χ3v) is 8.30. The number of alkyl halides is 1. The van der Waals surface area contributed by atoms with Crippen LogP contribution in [0.1, 0.15) is 38.7 Å². The van der Waals surface area contributed by atoms with Gasteiger partial charge in [0.15, 0.2) is 0 Å². The van der Waals surface area contributed by atoms with Crippen molar-refractivity contribution in [2.75, 3.05) is 32.6 Å². The Labute approximate surface area is 231 Å². The molecule has 0 saturated carbocycles. The minimum atomic E-state index is -0.630. The maximum Gasteiger partial charge on any atom is 0.334 e. The first kappa shape index (κ1) is 28.2. The Morgan fingerprint density at radius 2 is 1.89 bits per heavy atom. The number of amides is 4. The van der Waals surface area contributed by atoms with E-state index in [-0.39, 0.29) is 36.9 Å². The first-order valence-corrected chi connectivity index (χ1v) is 14.2. The fourth-order valence-electron chi connectivity index (χ4n) is 6.00. The van der Waals surface area contributed by atoms with E-state index in [9.17, 15) is 14.4 Å². The summed E-state index contributed by atoms with van der Waals surface area (Å²) in [6.45, 7) is 5.65. The summed E-state index contributed by atoms with van der Waals surface area (Å²) >= 11 is 6.02. The van der Waals surface area contributed by atoms with Gasteiger partial charge in [0.2, 0.25) is 11.8 Å². The molecule has 8 nitrogen and oxygen atoms in total. The van der Waals surface area contributed by atoms with Crippen molar-refractivity contribution in [3.63, 3.8) is 0 Å². The highest BCUT2D eigenvalue weighted by molar-refractivity contribution is 6.17. The normalized spacial score (nSPS) is 26.5. The van der Waals surface area contributed by atoms with E-state index < -0.39 is 12.2 Å². The molecule has 0 radical (unpaired) electrons. The van der Waals surface area contributed by atoms with Crippen LogP contribution in [0.25, 0.3) is 0 Å². The second-order valence-corrected chi connectivity index (χ2v) is 10.9. The number of piperazine rings is 1. The van der Waals surface area contributed by atoms with Crippen molar-refractivity contribution >= 4 is 29.4 Å². The SMILES string of the molecule is CCC(CN1C[C@H]2N(C(=O)CN(C)N2C(=O)NCc2ccccc2)[C@@H](CCCCl)C1=O)C1C=CC=C[C@@H]1C. The molecule has 2 fully saturated rings. The van der Waals surface area contributed by atoms with Gasteiger partial charge in [-0.3, -0.25) is 9.59 Å². The van der Waals surface area contributed by atoms with Crippen LogP contribution in [0.2, 0.25) is 0 Å². The molecular weight excluding hydrogens is 502 g/mol. The summed E-state index contributed by atoms with van der Waals surface area (Å²) < 4.78 is 0. The lowest BCUT2D eigenvalue weighted by atomic mass is 9.78. The molecule has 3 aliphatic rings. The number of halogens is 1. The lowest BCUT2D eigenvalue weighted by molar-refractivity contribution is -0.188. The summed E-state index contributed by atoms with van der Waals surface area (Å²) in [7, 11) is 1.75. The molecule has 4 rings (SSSR count). The Hall–Kier alpha value is -2.84. The van der Waals surface area contributed by atoms with Gasteiger partial charge >= 0.3 is 6.03 Å². The van der Waals surface area contributed by atoms with Crippen LogP contribution in [-0.4, -0.2) is 82.4 Å². The predicted molar refractivity (Wildman–Crippen MR) is 149 cm³/mol. The van der Waals surface area contributed by atoms with Crippen molar-refractivity contribution in [2.24, 2.45) is 17.8 Å². The van der Waals surface area contributed by atoms with Crippen LogP contribution in [0.15, 0.2) is 54.6 Å². The number of hydrazine groups is 1. The highest BCUT2D eigenvalue weighted by atomic mass is 35.5. The average Bonchev–Trinajstić information content (AvgIpc) is 2.91. The molecule has 2 heterocycles. The Bertz CT molecular complexity index is 1050. The van der Waals surface area contributed by atoms with Crippen molar-refractivity contribution in [2.45, 2.75) is 51.9 Å². The number of rotatable bonds is 9. The zero-order valence-corrected chi connectivity index (χ0v) is 23.4. The monoisotopic (exact) mass is 541 g/mol. The molecule has 5 atom stereocenters. The molecule has 0 aromatic heterocycles.